The smallest absolute Gasteiger partial charge is 0.295 e. The molecule has 1 aliphatic carbocycles. The van der Waals surface area contributed by atoms with E-state index in [1.807, 2.05) is 69.4 Å². The number of rotatable bonds is 6. The maximum Gasteiger partial charge on any atom is 0.295 e. The van der Waals surface area contributed by atoms with E-state index < -0.39 is 5.25 Å². The van der Waals surface area contributed by atoms with E-state index in [0.29, 0.717) is 17.4 Å². The molecule has 1 aliphatic rings. The molecular formula is C27H31N5O2S. The van der Waals surface area contributed by atoms with Crippen molar-refractivity contribution in [2.75, 3.05) is 5.32 Å². The maximum atomic E-state index is 13.3. The van der Waals surface area contributed by atoms with E-state index in [1.165, 1.54) is 31.0 Å². The summed E-state index contributed by atoms with van der Waals surface area (Å²) in [6, 6.07) is 18.0. The number of fused-ring (bicyclic) bond motifs is 1. The molecule has 0 saturated heterocycles. The Balaban J connectivity index is 1.41. The summed E-state index contributed by atoms with van der Waals surface area (Å²) in [7, 11) is 1.82. The van der Waals surface area contributed by atoms with Crippen LogP contribution in [-0.2, 0) is 11.8 Å². The molecule has 2 heterocycles. The third-order valence-electron chi connectivity index (χ3n) is 6.96. The van der Waals surface area contributed by atoms with Crippen molar-refractivity contribution in [3.63, 3.8) is 0 Å². The molecule has 1 fully saturated rings. The van der Waals surface area contributed by atoms with Crippen molar-refractivity contribution >= 4 is 34.4 Å². The fourth-order valence-corrected chi connectivity index (χ4v) is 5.94. The highest BCUT2D eigenvalue weighted by atomic mass is 32.2. The molecule has 0 unspecified atom stereocenters. The number of amides is 1. The van der Waals surface area contributed by atoms with Crippen molar-refractivity contribution < 1.29 is 4.79 Å². The van der Waals surface area contributed by atoms with Crippen LogP contribution in [-0.4, -0.2) is 30.1 Å². The molecule has 1 atom stereocenters. The number of hydrogen-bond donors (Lipinski definition) is 1. The summed E-state index contributed by atoms with van der Waals surface area (Å²) in [5.41, 5.74) is 3.62. The minimum atomic E-state index is -0.418. The van der Waals surface area contributed by atoms with Crippen molar-refractivity contribution in [2.24, 2.45) is 7.05 Å². The summed E-state index contributed by atoms with van der Waals surface area (Å²) in [5.74, 6) is -0.205. The Hall–Kier alpha value is -3.26. The quantitative estimate of drug-likeness (QED) is 0.365. The topological polar surface area (TPSA) is 73.8 Å². The van der Waals surface area contributed by atoms with E-state index in [1.54, 1.807) is 9.36 Å². The molecule has 2 aromatic heterocycles. The second-order valence-corrected chi connectivity index (χ2v) is 10.5. The molecule has 0 aliphatic heterocycles. The third kappa shape index (κ3) is 4.43. The molecule has 0 bridgehead atoms. The van der Waals surface area contributed by atoms with Gasteiger partial charge in [-0.2, -0.15) is 0 Å². The van der Waals surface area contributed by atoms with Gasteiger partial charge in [0.2, 0.25) is 5.91 Å². The molecule has 35 heavy (non-hydrogen) atoms. The number of nitrogens with zero attached hydrogens (tertiary/aromatic N) is 4. The highest BCUT2D eigenvalue weighted by molar-refractivity contribution is 8.00. The zero-order valence-electron chi connectivity index (χ0n) is 20.4. The fraction of sp³-hybridized carbons (Fsp3) is 0.370. The predicted molar refractivity (Wildman–Crippen MR) is 142 cm³/mol. The van der Waals surface area contributed by atoms with E-state index >= 15 is 0 Å². The lowest BCUT2D eigenvalue weighted by atomic mass is 9.95. The van der Waals surface area contributed by atoms with Gasteiger partial charge in [-0.05, 0) is 51.0 Å². The SMILES string of the molecule is Cc1c(NC(=O)[C@H](C)Sc2nc3ccccc3n2C2CCCCC2)c(=O)n(-c2ccccc2)n1C. The molecule has 0 spiro atoms. The number of anilines is 1. The number of hydrogen-bond acceptors (Lipinski definition) is 4. The standard InChI is InChI=1S/C27H31N5O2S/c1-18-24(26(34)32(30(18)3)21-14-8-5-9-15-21)29-25(33)19(2)35-27-28-22-16-10-11-17-23(22)31(27)20-12-6-4-7-13-20/h5,8-11,14-17,19-20H,4,6-7,12-13H2,1-3H3,(H,29,33)/t19-/m0/s1. The monoisotopic (exact) mass is 489 g/mol. The fourth-order valence-electron chi connectivity index (χ4n) is 4.95. The number of imidazole rings is 1. The molecule has 0 radical (unpaired) electrons. The molecule has 182 valence electrons. The van der Waals surface area contributed by atoms with Crippen LogP contribution >= 0.6 is 11.8 Å². The van der Waals surface area contributed by atoms with Gasteiger partial charge in [0, 0.05) is 13.1 Å². The van der Waals surface area contributed by atoms with Gasteiger partial charge in [0.05, 0.1) is 27.7 Å². The maximum absolute atomic E-state index is 13.3. The Morgan fingerprint density at radius 2 is 1.74 bits per heavy atom. The molecule has 1 amide bonds. The van der Waals surface area contributed by atoms with Gasteiger partial charge in [-0.1, -0.05) is 61.4 Å². The minimum Gasteiger partial charge on any atom is -0.319 e. The molecule has 4 aromatic rings. The lowest BCUT2D eigenvalue weighted by Crippen LogP contribution is -2.27. The summed E-state index contributed by atoms with van der Waals surface area (Å²) in [6.45, 7) is 3.72. The number of carbonyl (C=O) groups is 1. The molecule has 8 heteroatoms. The summed E-state index contributed by atoms with van der Waals surface area (Å²) in [4.78, 5) is 31.4. The van der Waals surface area contributed by atoms with Gasteiger partial charge >= 0.3 is 0 Å². The van der Waals surface area contributed by atoms with Crippen molar-refractivity contribution in [1.29, 1.82) is 0 Å². The van der Waals surface area contributed by atoms with E-state index in [9.17, 15) is 9.59 Å². The first-order valence-electron chi connectivity index (χ1n) is 12.2. The third-order valence-corrected chi connectivity index (χ3v) is 8.02. The number of thioether (sulfide) groups is 1. The highest BCUT2D eigenvalue weighted by Crippen LogP contribution is 2.36. The summed E-state index contributed by atoms with van der Waals surface area (Å²) >= 11 is 1.46. The van der Waals surface area contributed by atoms with Gasteiger partial charge < -0.3 is 9.88 Å². The largest absolute Gasteiger partial charge is 0.319 e. The van der Waals surface area contributed by atoms with Crippen LogP contribution in [0, 0.1) is 6.92 Å². The van der Waals surface area contributed by atoms with Crippen LogP contribution in [0.2, 0.25) is 0 Å². The lowest BCUT2D eigenvalue weighted by Gasteiger charge is -2.25. The van der Waals surface area contributed by atoms with Crippen LogP contribution in [0.1, 0.15) is 50.8 Å². The Labute approximate surface area is 209 Å². The number of aromatic nitrogens is 4. The molecular weight excluding hydrogens is 458 g/mol. The minimum absolute atomic E-state index is 0.205. The van der Waals surface area contributed by atoms with Crippen LogP contribution in [0.3, 0.4) is 0 Å². The number of carbonyl (C=O) groups excluding carboxylic acids is 1. The predicted octanol–water partition coefficient (Wildman–Crippen LogP) is 5.46. The first-order valence-corrected chi connectivity index (χ1v) is 13.1. The molecule has 1 N–H and O–H groups in total. The first-order chi connectivity index (χ1) is 17.0. The second-order valence-electron chi connectivity index (χ2n) is 9.23. The average molecular weight is 490 g/mol. The van der Waals surface area contributed by atoms with Crippen LogP contribution in [0.25, 0.3) is 16.7 Å². The summed E-state index contributed by atoms with van der Waals surface area (Å²) < 4.78 is 5.68. The zero-order chi connectivity index (χ0) is 24.5. The second kappa shape index (κ2) is 9.77. The molecule has 5 rings (SSSR count). The van der Waals surface area contributed by atoms with Crippen molar-refractivity contribution in [2.45, 2.75) is 62.4 Å². The van der Waals surface area contributed by atoms with Crippen LogP contribution in [0.15, 0.2) is 64.5 Å². The van der Waals surface area contributed by atoms with Crippen molar-refractivity contribution in [3.05, 3.63) is 70.6 Å². The van der Waals surface area contributed by atoms with Crippen LogP contribution < -0.4 is 10.9 Å². The highest BCUT2D eigenvalue weighted by Gasteiger charge is 2.26. The van der Waals surface area contributed by atoms with E-state index in [0.717, 1.165) is 34.7 Å². The van der Waals surface area contributed by atoms with Crippen LogP contribution in [0.5, 0.6) is 0 Å². The molecule has 7 nitrogen and oxygen atoms in total. The molecule has 1 saturated carbocycles. The zero-order valence-corrected chi connectivity index (χ0v) is 21.2. The van der Waals surface area contributed by atoms with Gasteiger partial charge in [-0.15, -0.1) is 0 Å². The average Bonchev–Trinajstić information content (AvgIpc) is 3.34. The summed E-state index contributed by atoms with van der Waals surface area (Å²) in [6.07, 6.45) is 5.99. The number of nitrogens with one attached hydrogen (secondary N) is 1. The summed E-state index contributed by atoms with van der Waals surface area (Å²) in [5, 5.41) is 3.36. The Kier molecular flexibility index (Phi) is 6.56. The van der Waals surface area contributed by atoms with Gasteiger partial charge in [-0.3, -0.25) is 14.3 Å². The number of para-hydroxylation sites is 3. The van der Waals surface area contributed by atoms with Gasteiger partial charge in [0.25, 0.3) is 5.56 Å². The Bertz CT molecular complexity index is 1410. The van der Waals surface area contributed by atoms with E-state index in [-0.39, 0.29) is 11.5 Å². The van der Waals surface area contributed by atoms with Gasteiger partial charge in [0.1, 0.15) is 5.69 Å². The van der Waals surface area contributed by atoms with Crippen molar-refractivity contribution in [1.82, 2.24) is 18.9 Å². The lowest BCUT2D eigenvalue weighted by molar-refractivity contribution is -0.115. The van der Waals surface area contributed by atoms with Crippen molar-refractivity contribution in [3.8, 4) is 5.69 Å². The van der Waals surface area contributed by atoms with Crippen LogP contribution in [0.4, 0.5) is 5.69 Å². The molecule has 2 aromatic carbocycles. The Morgan fingerprint density at radius 3 is 2.49 bits per heavy atom. The number of benzene rings is 2. The van der Waals surface area contributed by atoms with E-state index in [2.05, 4.69) is 16.0 Å². The first kappa shape index (κ1) is 23.5. The van der Waals surface area contributed by atoms with Gasteiger partial charge in [-0.25, -0.2) is 9.67 Å². The normalized spacial score (nSPS) is 15.4. The van der Waals surface area contributed by atoms with Gasteiger partial charge in [0.15, 0.2) is 5.16 Å². The van der Waals surface area contributed by atoms with E-state index in [4.69, 9.17) is 4.98 Å². The Morgan fingerprint density at radius 1 is 1.06 bits per heavy atom.